The van der Waals surface area contributed by atoms with Gasteiger partial charge in [-0.1, -0.05) is 36.8 Å². The monoisotopic (exact) mass is 392 g/mol. The Balaban J connectivity index is 1.32. The van der Waals surface area contributed by atoms with Crippen molar-refractivity contribution in [2.24, 2.45) is 11.8 Å². The molecule has 152 valence electrons. The lowest BCUT2D eigenvalue weighted by atomic mass is 9.73. The van der Waals surface area contributed by atoms with Crippen LogP contribution in [0.25, 0.3) is 0 Å². The Kier molecular flexibility index (Phi) is 4.83. The molecule has 1 aromatic carbocycles. The molecule has 5 rings (SSSR count). The number of hydrogen-bond donors (Lipinski definition) is 1. The first kappa shape index (κ1) is 18.7. The van der Waals surface area contributed by atoms with Gasteiger partial charge < -0.3 is 14.9 Å². The van der Waals surface area contributed by atoms with Crippen LogP contribution in [0.5, 0.6) is 0 Å². The number of aliphatic hydroxyl groups excluding tert-OH is 1. The zero-order chi connectivity index (χ0) is 20.0. The van der Waals surface area contributed by atoms with Gasteiger partial charge in [-0.05, 0) is 43.4 Å². The Morgan fingerprint density at radius 1 is 1.10 bits per heavy atom. The molecule has 0 spiro atoms. The van der Waals surface area contributed by atoms with Crippen LogP contribution < -0.4 is 0 Å². The minimum Gasteiger partial charge on any atom is -0.394 e. The molecule has 1 N–H and O–H groups in total. The van der Waals surface area contributed by atoms with Gasteiger partial charge in [0, 0.05) is 29.9 Å². The first-order chi connectivity index (χ1) is 14.2. The van der Waals surface area contributed by atoms with Crippen molar-refractivity contribution < 1.29 is 14.7 Å². The molecule has 2 amide bonds. The summed E-state index contributed by atoms with van der Waals surface area (Å²) in [7, 11) is 0. The minimum atomic E-state index is -0.193. The summed E-state index contributed by atoms with van der Waals surface area (Å²) in [5.74, 6) is 7.51. The normalized spacial score (nSPS) is 29.1. The Morgan fingerprint density at radius 2 is 1.83 bits per heavy atom. The first-order valence-corrected chi connectivity index (χ1v) is 11.0. The molecular formula is C24H28N2O3. The van der Waals surface area contributed by atoms with Gasteiger partial charge in [0.1, 0.15) is 0 Å². The van der Waals surface area contributed by atoms with Crippen molar-refractivity contribution in [3.63, 3.8) is 0 Å². The molecule has 2 saturated heterocycles. The molecule has 2 heterocycles. The molecule has 4 aliphatic rings. The molecule has 0 radical (unpaired) electrons. The van der Waals surface area contributed by atoms with E-state index in [0.29, 0.717) is 12.5 Å². The van der Waals surface area contributed by atoms with Crippen molar-refractivity contribution in [1.29, 1.82) is 0 Å². The average molecular weight is 392 g/mol. The molecule has 2 aliphatic carbocycles. The Hall–Kier alpha value is -2.32. The summed E-state index contributed by atoms with van der Waals surface area (Å²) < 4.78 is 0. The van der Waals surface area contributed by atoms with E-state index in [1.807, 2.05) is 12.1 Å². The van der Waals surface area contributed by atoms with Gasteiger partial charge >= 0.3 is 0 Å². The predicted octanol–water partition coefficient (Wildman–Crippen LogP) is 2.14. The largest absolute Gasteiger partial charge is 0.394 e. The smallest absolute Gasteiger partial charge is 0.242 e. The number of benzene rings is 1. The van der Waals surface area contributed by atoms with Gasteiger partial charge in [0.15, 0.2) is 0 Å². The summed E-state index contributed by atoms with van der Waals surface area (Å²) in [6.45, 7) is 0.683. The highest BCUT2D eigenvalue weighted by atomic mass is 16.3. The summed E-state index contributed by atoms with van der Waals surface area (Å²) in [6.07, 6.45) is 6.91. The lowest BCUT2D eigenvalue weighted by Gasteiger charge is -2.58. The molecule has 0 aromatic heterocycles. The van der Waals surface area contributed by atoms with Crippen LogP contribution in [0.4, 0.5) is 0 Å². The molecule has 3 atom stereocenters. The summed E-state index contributed by atoms with van der Waals surface area (Å²) >= 11 is 0. The lowest BCUT2D eigenvalue weighted by molar-refractivity contribution is -0.167. The van der Waals surface area contributed by atoms with Crippen LogP contribution in [-0.4, -0.2) is 58.5 Å². The second-order valence-electron chi connectivity index (χ2n) is 9.01. The summed E-state index contributed by atoms with van der Waals surface area (Å²) in [6, 6.07) is 8.02. The standard InChI is InChI=1S/C24H28N2O3/c27-15-21-23(18-9-7-17(8-10-18)6-5-16-3-1-2-4-16)20-13-25(14-22(28)26(20)21)24(29)19-11-12-19/h7-10,16,19-21,23,27H,1-4,11-15H2/t20-,21-,23+/m0/s1. The molecule has 5 heteroatoms. The third kappa shape index (κ3) is 3.44. The fourth-order valence-corrected chi connectivity index (χ4v) is 5.30. The number of fused-ring (bicyclic) bond motifs is 1. The second kappa shape index (κ2) is 7.50. The zero-order valence-corrected chi connectivity index (χ0v) is 16.7. The lowest BCUT2D eigenvalue weighted by Crippen LogP contribution is -2.73. The maximum absolute atomic E-state index is 12.6. The van der Waals surface area contributed by atoms with Gasteiger partial charge in [0.25, 0.3) is 0 Å². The van der Waals surface area contributed by atoms with Crippen LogP contribution in [-0.2, 0) is 9.59 Å². The molecule has 4 fully saturated rings. The molecule has 29 heavy (non-hydrogen) atoms. The number of carbonyl (C=O) groups is 2. The second-order valence-corrected chi connectivity index (χ2v) is 9.01. The van der Waals surface area contributed by atoms with Crippen LogP contribution in [0.3, 0.4) is 0 Å². The van der Waals surface area contributed by atoms with E-state index in [1.165, 1.54) is 25.7 Å². The highest BCUT2D eigenvalue weighted by Crippen LogP contribution is 2.43. The van der Waals surface area contributed by atoms with E-state index in [-0.39, 0.29) is 48.9 Å². The number of piperazine rings is 1. The number of amides is 2. The van der Waals surface area contributed by atoms with Crippen molar-refractivity contribution in [3.05, 3.63) is 35.4 Å². The number of hydrogen-bond acceptors (Lipinski definition) is 3. The van der Waals surface area contributed by atoms with Gasteiger partial charge in [0.2, 0.25) is 11.8 Å². The van der Waals surface area contributed by atoms with Gasteiger partial charge in [-0.3, -0.25) is 9.59 Å². The highest BCUT2D eigenvalue weighted by Gasteiger charge is 2.55. The fraction of sp³-hybridized carbons (Fsp3) is 0.583. The SMILES string of the molecule is O=C(C1CC1)N1CC(=O)N2[C@@H](CO)[C@H](c3ccc(C#CC4CCCC4)cc3)[C@@H]2C1. The highest BCUT2D eigenvalue weighted by molar-refractivity contribution is 5.89. The molecule has 1 aromatic rings. The van der Waals surface area contributed by atoms with Crippen molar-refractivity contribution in [2.75, 3.05) is 19.7 Å². The topological polar surface area (TPSA) is 60.9 Å². The van der Waals surface area contributed by atoms with E-state index in [4.69, 9.17) is 0 Å². The van der Waals surface area contributed by atoms with E-state index < -0.39 is 0 Å². The van der Waals surface area contributed by atoms with E-state index in [0.717, 1.165) is 24.0 Å². The van der Waals surface area contributed by atoms with Gasteiger partial charge in [0.05, 0.1) is 25.2 Å². The number of carbonyl (C=O) groups excluding carboxylic acids is 2. The number of nitrogens with zero attached hydrogens (tertiary/aromatic N) is 2. The third-order valence-electron chi connectivity index (χ3n) is 7.06. The van der Waals surface area contributed by atoms with E-state index in [2.05, 4.69) is 24.0 Å². The van der Waals surface area contributed by atoms with E-state index in [1.54, 1.807) is 9.80 Å². The first-order valence-electron chi connectivity index (χ1n) is 11.0. The Labute approximate surface area is 172 Å². The van der Waals surface area contributed by atoms with Crippen LogP contribution in [0, 0.1) is 23.7 Å². The van der Waals surface area contributed by atoms with Crippen LogP contribution >= 0.6 is 0 Å². The Morgan fingerprint density at radius 3 is 2.48 bits per heavy atom. The third-order valence-corrected chi connectivity index (χ3v) is 7.06. The van der Waals surface area contributed by atoms with Crippen LogP contribution in [0.15, 0.2) is 24.3 Å². The Bertz CT molecular complexity index is 858. The van der Waals surface area contributed by atoms with Crippen LogP contribution in [0.1, 0.15) is 55.6 Å². The van der Waals surface area contributed by atoms with E-state index >= 15 is 0 Å². The maximum Gasteiger partial charge on any atom is 0.242 e. The minimum absolute atomic E-state index is 0.0356. The average Bonchev–Trinajstić information content (AvgIpc) is 3.44. The molecule has 0 bridgehead atoms. The predicted molar refractivity (Wildman–Crippen MR) is 109 cm³/mol. The van der Waals surface area contributed by atoms with Gasteiger partial charge in [-0.15, -0.1) is 0 Å². The number of aliphatic hydroxyl groups is 1. The fourth-order valence-electron chi connectivity index (χ4n) is 5.30. The van der Waals surface area contributed by atoms with Crippen molar-refractivity contribution in [2.45, 2.75) is 56.5 Å². The van der Waals surface area contributed by atoms with Crippen LogP contribution in [0.2, 0.25) is 0 Å². The quantitative estimate of drug-likeness (QED) is 0.802. The number of rotatable bonds is 3. The van der Waals surface area contributed by atoms with Gasteiger partial charge in [-0.2, -0.15) is 0 Å². The van der Waals surface area contributed by atoms with Gasteiger partial charge in [-0.25, -0.2) is 0 Å². The summed E-state index contributed by atoms with van der Waals surface area (Å²) in [5, 5.41) is 9.91. The van der Waals surface area contributed by atoms with Crippen molar-refractivity contribution in [3.8, 4) is 11.8 Å². The van der Waals surface area contributed by atoms with Crippen molar-refractivity contribution in [1.82, 2.24) is 9.80 Å². The van der Waals surface area contributed by atoms with E-state index in [9.17, 15) is 14.7 Å². The molecule has 5 nitrogen and oxygen atoms in total. The zero-order valence-electron chi connectivity index (χ0n) is 16.7. The summed E-state index contributed by atoms with van der Waals surface area (Å²) in [4.78, 5) is 28.7. The molecule has 2 aliphatic heterocycles. The molecular weight excluding hydrogens is 364 g/mol. The molecule has 0 unspecified atom stereocenters. The molecule has 2 saturated carbocycles. The maximum atomic E-state index is 12.6. The van der Waals surface area contributed by atoms with Crippen molar-refractivity contribution >= 4 is 11.8 Å². The summed E-state index contributed by atoms with van der Waals surface area (Å²) in [5.41, 5.74) is 2.13.